The van der Waals surface area contributed by atoms with Crippen LogP contribution < -0.4 is 15.8 Å². The first-order valence-corrected chi connectivity index (χ1v) is 6.45. The van der Waals surface area contributed by atoms with Crippen LogP contribution in [0.2, 0.25) is 5.02 Å². The number of rotatable bonds is 3. The largest absolute Gasteiger partial charge is 0.495 e. The molecule has 6 nitrogen and oxygen atoms in total. The number of nitrogen functional groups attached to an aromatic ring is 1. The van der Waals surface area contributed by atoms with Gasteiger partial charge >= 0.3 is 0 Å². The molecule has 8 heteroatoms. The number of benzene rings is 1. The first-order valence-electron chi connectivity index (χ1n) is 5.25. The normalized spacial score (nSPS) is 10.3. The number of nitrogens with two attached hydrogens (primary N) is 1. The van der Waals surface area contributed by atoms with Crippen molar-refractivity contribution in [3.8, 4) is 5.75 Å². The van der Waals surface area contributed by atoms with E-state index in [-0.39, 0.29) is 10.1 Å². The number of carbonyl (C=O) groups excluding carboxylic acids is 1. The second-order valence-electron chi connectivity index (χ2n) is 3.70. The first kappa shape index (κ1) is 13.6. The van der Waals surface area contributed by atoms with Gasteiger partial charge in [-0.2, -0.15) is 0 Å². The van der Waals surface area contributed by atoms with Crippen LogP contribution in [0, 0.1) is 6.92 Å². The third kappa shape index (κ3) is 2.94. The monoisotopic (exact) mass is 298 g/mol. The van der Waals surface area contributed by atoms with Crippen LogP contribution in [0.25, 0.3) is 0 Å². The molecule has 2 rings (SSSR count). The summed E-state index contributed by atoms with van der Waals surface area (Å²) in [6, 6.07) is 3.37. The van der Waals surface area contributed by atoms with E-state index in [2.05, 4.69) is 15.5 Å². The zero-order chi connectivity index (χ0) is 14.0. The molecule has 19 heavy (non-hydrogen) atoms. The van der Waals surface area contributed by atoms with Gasteiger partial charge in [0.2, 0.25) is 10.1 Å². The number of hydrogen-bond acceptors (Lipinski definition) is 6. The third-order valence-electron chi connectivity index (χ3n) is 2.36. The summed E-state index contributed by atoms with van der Waals surface area (Å²) in [5.74, 6) is 0.0793. The highest BCUT2D eigenvalue weighted by molar-refractivity contribution is 7.16. The Hall–Kier alpha value is -1.86. The van der Waals surface area contributed by atoms with Gasteiger partial charge < -0.3 is 15.8 Å². The van der Waals surface area contributed by atoms with Crippen molar-refractivity contribution in [3.63, 3.8) is 0 Å². The topological polar surface area (TPSA) is 90.1 Å². The average molecular weight is 299 g/mol. The number of nitrogens with one attached hydrogen (secondary N) is 1. The molecule has 0 fully saturated rings. The van der Waals surface area contributed by atoms with Crippen molar-refractivity contribution in [3.05, 3.63) is 27.7 Å². The Labute approximate surface area is 118 Å². The van der Waals surface area contributed by atoms with Gasteiger partial charge in [0, 0.05) is 11.1 Å². The molecule has 0 unspecified atom stereocenters. The van der Waals surface area contributed by atoms with Crippen LogP contribution >= 0.6 is 22.9 Å². The van der Waals surface area contributed by atoms with Crippen LogP contribution in [0.4, 0.5) is 10.8 Å². The molecule has 1 amide bonds. The summed E-state index contributed by atoms with van der Waals surface area (Å²) in [6.07, 6.45) is 0. The molecule has 0 atom stereocenters. The van der Waals surface area contributed by atoms with Crippen LogP contribution in [0.5, 0.6) is 5.75 Å². The van der Waals surface area contributed by atoms with Crippen LogP contribution in [-0.4, -0.2) is 23.2 Å². The van der Waals surface area contributed by atoms with Crippen molar-refractivity contribution >= 4 is 39.7 Å². The van der Waals surface area contributed by atoms with Crippen molar-refractivity contribution < 1.29 is 9.53 Å². The van der Waals surface area contributed by atoms with Crippen LogP contribution in [0.1, 0.15) is 15.4 Å². The molecule has 0 aliphatic carbocycles. The Morgan fingerprint density at radius 2 is 2.21 bits per heavy atom. The molecule has 0 radical (unpaired) electrons. The molecule has 0 aliphatic rings. The van der Waals surface area contributed by atoms with Gasteiger partial charge in [-0.3, -0.25) is 4.79 Å². The number of anilines is 2. The fourth-order valence-corrected chi connectivity index (χ4v) is 2.09. The number of aryl methyl sites for hydroxylation is 1. The first-order chi connectivity index (χ1) is 9.01. The zero-order valence-electron chi connectivity index (χ0n) is 10.2. The number of nitrogens with zero attached hydrogens (tertiary/aromatic N) is 2. The van der Waals surface area contributed by atoms with Gasteiger partial charge in [0.05, 0.1) is 12.8 Å². The van der Waals surface area contributed by atoms with Gasteiger partial charge in [-0.05, 0) is 18.6 Å². The molecule has 0 saturated heterocycles. The van der Waals surface area contributed by atoms with Crippen LogP contribution in [0.15, 0.2) is 12.1 Å². The van der Waals surface area contributed by atoms with E-state index in [1.54, 1.807) is 12.1 Å². The summed E-state index contributed by atoms with van der Waals surface area (Å²) in [5.41, 5.74) is 6.78. The van der Waals surface area contributed by atoms with Gasteiger partial charge in [0.15, 0.2) is 0 Å². The molecular weight excluding hydrogens is 288 g/mol. The molecule has 0 spiro atoms. The maximum Gasteiger partial charge on any atom is 0.286 e. The van der Waals surface area contributed by atoms with E-state index in [1.165, 1.54) is 7.11 Å². The van der Waals surface area contributed by atoms with Crippen molar-refractivity contribution in [2.75, 3.05) is 18.2 Å². The molecule has 3 N–H and O–H groups in total. The standard InChI is InChI=1S/C11H11ClN4O2S/c1-5-3-7(8(18-2)4-6(5)12)14-9(17)10-15-16-11(13)19-10/h3-4H,1-2H3,(H2,13,16)(H,14,17). The lowest BCUT2D eigenvalue weighted by Crippen LogP contribution is -2.12. The Balaban J connectivity index is 2.28. The number of amides is 1. The summed E-state index contributed by atoms with van der Waals surface area (Å²) < 4.78 is 5.17. The minimum atomic E-state index is -0.394. The van der Waals surface area contributed by atoms with E-state index in [0.29, 0.717) is 16.5 Å². The smallest absolute Gasteiger partial charge is 0.286 e. The number of ether oxygens (including phenoxy) is 1. The summed E-state index contributed by atoms with van der Waals surface area (Å²) in [7, 11) is 1.50. The summed E-state index contributed by atoms with van der Waals surface area (Å²) in [5, 5.41) is 10.9. The predicted octanol–water partition coefficient (Wildman–Crippen LogP) is 2.34. The fraction of sp³-hybridized carbons (Fsp3) is 0.182. The van der Waals surface area contributed by atoms with Gasteiger partial charge in [-0.15, -0.1) is 10.2 Å². The average Bonchev–Trinajstić information content (AvgIpc) is 2.80. The van der Waals surface area contributed by atoms with Gasteiger partial charge in [0.25, 0.3) is 5.91 Å². The van der Waals surface area contributed by atoms with E-state index < -0.39 is 5.91 Å². The summed E-state index contributed by atoms with van der Waals surface area (Å²) in [6.45, 7) is 1.83. The molecule has 1 heterocycles. The highest BCUT2D eigenvalue weighted by Crippen LogP contribution is 2.31. The van der Waals surface area contributed by atoms with Crippen molar-refractivity contribution in [1.82, 2.24) is 10.2 Å². The minimum absolute atomic E-state index is 0.187. The second kappa shape index (κ2) is 5.41. The van der Waals surface area contributed by atoms with Gasteiger partial charge in [0.1, 0.15) is 5.75 Å². The molecule has 2 aromatic rings. The molecular formula is C11H11ClN4O2S. The molecule has 0 bridgehead atoms. The maximum absolute atomic E-state index is 11.9. The quantitative estimate of drug-likeness (QED) is 0.907. The second-order valence-corrected chi connectivity index (χ2v) is 5.12. The van der Waals surface area contributed by atoms with E-state index in [4.69, 9.17) is 22.1 Å². The highest BCUT2D eigenvalue weighted by atomic mass is 35.5. The van der Waals surface area contributed by atoms with Crippen molar-refractivity contribution in [2.24, 2.45) is 0 Å². The lowest BCUT2D eigenvalue weighted by molar-refractivity contribution is 0.102. The van der Waals surface area contributed by atoms with E-state index >= 15 is 0 Å². The molecule has 100 valence electrons. The van der Waals surface area contributed by atoms with E-state index in [0.717, 1.165) is 16.9 Å². The van der Waals surface area contributed by atoms with Crippen LogP contribution in [-0.2, 0) is 0 Å². The molecule has 0 aliphatic heterocycles. The maximum atomic E-state index is 11.9. The summed E-state index contributed by atoms with van der Waals surface area (Å²) >= 11 is 7.00. The SMILES string of the molecule is COc1cc(Cl)c(C)cc1NC(=O)c1nnc(N)s1. The summed E-state index contributed by atoms with van der Waals surface area (Å²) in [4.78, 5) is 11.9. The number of methoxy groups -OCH3 is 1. The number of halogens is 1. The molecule has 0 saturated carbocycles. The third-order valence-corrected chi connectivity index (χ3v) is 3.52. The lowest BCUT2D eigenvalue weighted by Gasteiger charge is -2.11. The highest BCUT2D eigenvalue weighted by Gasteiger charge is 2.15. The van der Waals surface area contributed by atoms with Crippen LogP contribution in [0.3, 0.4) is 0 Å². The zero-order valence-corrected chi connectivity index (χ0v) is 11.8. The van der Waals surface area contributed by atoms with E-state index in [9.17, 15) is 4.79 Å². The van der Waals surface area contributed by atoms with Gasteiger partial charge in [-0.25, -0.2) is 0 Å². The molecule has 1 aromatic carbocycles. The Bertz CT molecular complexity index is 629. The number of aromatic nitrogens is 2. The predicted molar refractivity (Wildman–Crippen MR) is 75.0 cm³/mol. The molecule has 1 aromatic heterocycles. The Kier molecular flexibility index (Phi) is 3.87. The minimum Gasteiger partial charge on any atom is -0.495 e. The van der Waals surface area contributed by atoms with Crippen molar-refractivity contribution in [2.45, 2.75) is 6.92 Å². The lowest BCUT2D eigenvalue weighted by atomic mass is 10.2. The van der Waals surface area contributed by atoms with E-state index in [1.807, 2.05) is 6.92 Å². The fourth-order valence-electron chi connectivity index (χ4n) is 1.43. The number of carbonyl (C=O) groups is 1. The number of hydrogen-bond donors (Lipinski definition) is 2. The Morgan fingerprint density at radius 3 is 2.79 bits per heavy atom. The van der Waals surface area contributed by atoms with Crippen molar-refractivity contribution in [1.29, 1.82) is 0 Å². The Morgan fingerprint density at radius 1 is 1.47 bits per heavy atom. The van der Waals surface area contributed by atoms with Gasteiger partial charge in [-0.1, -0.05) is 22.9 Å².